The third-order valence-electron chi connectivity index (χ3n) is 2.84. The van der Waals surface area contributed by atoms with Crippen LogP contribution in [-0.2, 0) is 16.4 Å². The van der Waals surface area contributed by atoms with E-state index in [-0.39, 0.29) is 10.6 Å². The highest BCUT2D eigenvalue weighted by Crippen LogP contribution is 2.11. The van der Waals surface area contributed by atoms with Gasteiger partial charge >= 0.3 is 0 Å². The summed E-state index contributed by atoms with van der Waals surface area (Å²) in [4.78, 5) is 4.24. The fourth-order valence-electron chi connectivity index (χ4n) is 1.74. The Labute approximate surface area is 123 Å². The lowest BCUT2D eigenvalue weighted by Gasteiger charge is -2.05. The van der Waals surface area contributed by atoms with Crippen LogP contribution in [0.2, 0.25) is 0 Å². The molecule has 0 aliphatic heterocycles. The van der Waals surface area contributed by atoms with Gasteiger partial charge in [-0.2, -0.15) is 5.26 Å². The Morgan fingerprint density at radius 3 is 2.62 bits per heavy atom. The average molecular weight is 305 g/mol. The molecule has 0 aliphatic rings. The quantitative estimate of drug-likeness (QED) is 0.811. The summed E-state index contributed by atoms with van der Waals surface area (Å²) in [7, 11) is -3.36. The number of nitriles is 1. The van der Waals surface area contributed by atoms with Crippen LogP contribution < -0.4 is 5.32 Å². The lowest BCUT2D eigenvalue weighted by atomic mass is 10.2. The Morgan fingerprint density at radius 1 is 1.33 bits per heavy atom. The molecule has 110 valence electrons. The molecule has 2 aromatic rings. The summed E-state index contributed by atoms with van der Waals surface area (Å²) in [6, 6.07) is 7.84. The molecule has 1 N–H and O–H groups in total. The zero-order valence-electron chi connectivity index (χ0n) is 11.5. The van der Waals surface area contributed by atoms with Crippen LogP contribution in [0.25, 0.3) is 0 Å². The summed E-state index contributed by atoms with van der Waals surface area (Å²) in [5.41, 5.74) is 0.436. The molecule has 0 atom stereocenters. The highest BCUT2D eigenvalue weighted by molar-refractivity contribution is 7.91. The Balaban J connectivity index is 1.87. The van der Waals surface area contributed by atoms with Crippen LogP contribution in [0.15, 0.2) is 39.8 Å². The third-order valence-corrected chi connectivity index (χ3v) is 4.57. The van der Waals surface area contributed by atoms with Gasteiger partial charge in [-0.25, -0.2) is 13.4 Å². The second-order valence-corrected chi connectivity index (χ2v) is 6.61. The van der Waals surface area contributed by atoms with Gasteiger partial charge in [-0.1, -0.05) is 0 Å². The predicted octanol–water partition coefficient (Wildman–Crippen LogP) is 1.42. The number of oxazole rings is 1. The van der Waals surface area contributed by atoms with Crippen molar-refractivity contribution >= 4 is 9.84 Å². The zero-order chi connectivity index (χ0) is 15.3. The van der Waals surface area contributed by atoms with E-state index in [1.807, 2.05) is 6.07 Å². The van der Waals surface area contributed by atoms with Gasteiger partial charge in [0.25, 0.3) is 0 Å². The van der Waals surface area contributed by atoms with Gasteiger partial charge in [-0.15, -0.1) is 0 Å². The Morgan fingerprint density at radius 2 is 2.05 bits per heavy atom. The summed E-state index contributed by atoms with van der Waals surface area (Å²) in [6.07, 6.45) is 1.62. The van der Waals surface area contributed by atoms with Crippen LogP contribution in [0.4, 0.5) is 0 Å². The lowest BCUT2D eigenvalue weighted by Crippen LogP contribution is -2.22. The first kappa shape index (κ1) is 15.2. The standard InChI is InChI=1S/C14H15N3O3S/c1-11-9-17-14(20-11)10-16-6-7-21(18,19)13-4-2-12(8-15)3-5-13/h2-5,9,16H,6-7,10H2,1H3. The van der Waals surface area contributed by atoms with Gasteiger partial charge < -0.3 is 9.73 Å². The molecule has 0 unspecified atom stereocenters. The number of aromatic nitrogens is 1. The van der Waals surface area contributed by atoms with E-state index >= 15 is 0 Å². The number of hydrogen-bond acceptors (Lipinski definition) is 6. The van der Waals surface area contributed by atoms with Gasteiger partial charge in [0, 0.05) is 6.54 Å². The van der Waals surface area contributed by atoms with E-state index in [0.717, 1.165) is 5.76 Å². The summed E-state index contributed by atoms with van der Waals surface area (Å²) < 4.78 is 29.4. The van der Waals surface area contributed by atoms with Crippen molar-refractivity contribution in [1.29, 1.82) is 5.26 Å². The monoisotopic (exact) mass is 305 g/mol. The molecule has 0 saturated carbocycles. The molecule has 0 saturated heterocycles. The van der Waals surface area contributed by atoms with Crippen LogP contribution in [-0.4, -0.2) is 25.7 Å². The topological polar surface area (TPSA) is 96.0 Å². The van der Waals surface area contributed by atoms with Gasteiger partial charge in [0.1, 0.15) is 5.76 Å². The van der Waals surface area contributed by atoms with Gasteiger partial charge in [-0.3, -0.25) is 0 Å². The molecular weight excluding hydrogens is 290 g/mol. The zero-order valence-corrected chi connectivity index (χ0v) is 12.4. The summed E-state index contributed by atoms with van der Waals surface area (Å²) in [6.45, 7) is 2.48. The van der Waals surface area contributed by atoms with E-state index in [2.05, 4.69) is 10.3 Å². The number of hydrogen-bond donors (Lipinski definition) is 1. The number of aryl methyl sites for hydroxylation is 1. The van der Waals surface area contributed by atoms with E-state index in [1.54, 1.807) is 13.1 Å². The first-order valence-corrected chi connectivity index (χ1v) is 8.01. The lowest BCUT2D eigenvalue weighted by molar-refractivity contribution is 0.452. The van der Waals surface area contributed by atoms with Crippen molar-refractivity contribution in [1.82, 2.24) is 10.3 Å². The molecular formula is C14H15N3O3S. The third kappa shape index (κ3) is 4.15. The minimum Gasteiger partial charge on any atom is -0.445 e. The molecule has 1 aromatic carbocycles. The van der Waals surface area contributed by atoms with E-state index in [9.17, 15) is 8.42 Å². The molecule has 2 rings (SSSR count). The fourth-order valence-corrected chi connectivity index (χ4v) is 2.94. The number of nitrogens with zero attached hydrogens (tertiary/aromatic N) is 2. The molecule has 6 nitrogen and oxygen atoms in total. The second-order valence-electron chi connectivity index (χ2n) is 4.50. The minimum atomic E-state index is -3.36. The van der Waals surface area contributed by atoms with E-state index in [4.69, 9.17) is 9.68 Å². The smallest absolute Gasteiger partial charge is 0.208 e. The number of rotatable bonds is 6. The predicted molar refractivity (Wildman–Crippen MR) is 76.2 cm³/mol. The van der Waals surface area contributed by atoms with Crippen LogP contribution in [0.3, 0.4) is 0 Å². The SMILES string of the molecule is Cc1cnc(CNCCS(=O)(=O)c2ccc(C#N)cc2)o1. The van der Waals surface area contributed by atoms with Gasteiger partial charge in [-0.05, 0) is 31.2 Å². The normalized spacial score (nSPS) is 11.2. The van der Waals surface area contributed by atoms with Crippen molar-refractivity contribution < 1.29 is 12.8 Å². The maximum Gasteiger partial charge on any atom is 0.208 e. The Hall–Kier alpha value is -2.17. The van der Waals surface area contributed by atoms with Crippen LogP contribution in [0.1, 0.15) is 17.2 Å². The first-order chi connectivity index (χ1) is 10.0. The molecule has 0 fully saturated rings. The molecule has 0 radical (unpaired) electrons. The van der Waals surface area contributed by atoms with Crippen molar-refractivity contribution in [2.75, 3.05) is 12.3 Å². The second kappa shape index (κ2) is 6.52. The molecule has 1 aromatic heterocycles. The van der Waals surface area contributed by atoms with Crippen molar-refractivity contribution in [3.05, 3.63) is 47.7 Å². The van der Waals surface area contributed by atoms with Crippen molar-refractivity contribution in [3.63, 3.8) is 0 Å². The van der Waals surface area contributed by atoms with E-state index in [1.165, 1.54) is 24.3 Å². The molecule has 0 aliphatic carbocycles. The van der Waals surface area contributed by atoms with Crippen molar-refractivity contribution in [2.45, 2.75) is 18.4 Å². The van der Waals surface area contributed by atoms with E-state index < -0.39 is 9.84 Å². The molecule has 0 bridgehead atoms. The van der Waals surface area contributed by atoms with Gasteiger partial charge in [0.05, 0.1) is 35.0 Å². The van der Waals surface area contributed by atoms with Crippen LogP contribution in [0, 0.1) is 18.3 Å². The largest absolute Gasteiger partial charge is 0.445 e. The molecule has 7 heteroatoms. The number of nitrogens with one attached hydrogen (secondary N) is 1. The highest BCUT2D eigenvalue weighted by atomic mass is 32.2. The van der Waals surface area contributed by atoms with Crippen molar-refractivity contribution in [3.8, 4) is 6.07 Å². The Kier molecular flexibility index (Phi) is 4.73. The minimum absolute atomic E-state index is 0.0292. The number of sulfone groups is 1. The molecule has 1 heterocycles. The maximum absolute atomic E-state index is 12.1. The van der Waals surface area contributed by atoms with Crippen LogP contribution in [0.5, 0.6) is 0 Å². The van der Waals surface area contributed by atoms with Crippen LogP contribution >= 0.6 is 0 Å². The molecule has 0 spiro atoms. The summed E-state index contributed by atoms with van der Waals surface area (Å²) in [5.74, 6) is 1.22. The highest BCUT2D eigenvalue weighted by Gasteiger charge is 2.13. The number of benzene rings is 1. The maximum atomic E-state index is 12.1. The first-order valence-electron chi connectivity index (χ1n) is 6.36. The molecule has 0 amide bonds. The van der Waals surface area contributed by atoms with Crippen molar-refractivity contribution in [2.24, 2.45) is 0 Å². The van der Waals surface area contributed by atoms with Gasteiger partial charge in [0.15, 0.2) is 9.84 Å². The van der Waals surface area contributed by atoms with E-state index in [0.29, 0.717) is 24.5 Å². The summed E-state index contributed by atoms with van der Waals surface area (Å²) in [5, 5.41) is 11.7. The molecule has 21 heavy (non-hydrogen) atoms. The summed E-state index contributed by atoms with van der Waals surface area (Å²) >= 11 is 0. The van der Waals surface area contributed by atoms with Gasteiger partial charge in [0.2, 0.25) is 5.89 Å². The Bertz CT molecular complexity index is 743. The fraction of sp³-hybridized carbons (Fsp3) is 0.286. The average Bonchev–Trinajstić information content (AvgIpc) is 2.89.